The second-order valence-electron chi connectivity index (χ2n) is 5.86. The molecule has 9 heteroatoms. The number of carbonyl (C=O) groups excluding carboxylic acids is 2. The standard InChI is InChI=1S/C15H24N2O5S2/c1-10(2)11(3)17-14(18)9-22-15(19)13-6-5-12(23-13)7-8-16-24(4,20)21/h5-6,10-11,16H,7-9H2,1-4H3,(H,17,18). The molecule has 0 aromatic carbocycles. The summed E-state index contributed by atoms with van der Waals surface area (Å²) in [6, 6.07) is 3.36. The highest BCUT2D eigenvalue weighted by Gasteiger charge is 2.15. The molecular formula is C15H24N2O5S2. The van der Waals surface area contributed by atoms with Gasteiger partial charge in [-0.05, 0) is 31.4 Å². The maximum absolute atomic E-state index is 11.9. The first-order valence-electron chi connectivity index (χ1n) is 7.58. The van der Waals surface area contributed by atoms with Crippen LogP contribution in [0.15, 0.2) is 12.1 Å². The number of sulfonamides is 1. The monoisotopic (exact) mass is 376 g/mol. The van der Waals surface area contributed by atoms with Crippen LogP contribution in [0.4, 0.5) is 0 Å². The molecule has 136 valence electrons. The van der Waals surface area contributed by atoms with Crippen molar-refractivity contribution in [3.63, 3.8) is 0 Å². The van der Waals surface area contributed by atoms with Crippen molar-refractivity contribution < 1.29 is 22.7 Å². The molecular weight excluding hydrogens is 352 g/mol. The van der Waals surface area contributed by atoms with Crippen molar-refractivity contribution in [2.75, 3.05) is 19.4 Å². The number of hydrogen-bond acceptors (Lipinski definition) is 6. The maximum Gasteiger partial charge on any atom is 0.348 e. The van der Waals surface area contributed by atoms with Crippen molar-refractivity contribution in [2.24, 2.45) is 5.92 Å². The van der Waals surface area contributed by atoms with Gasteiger partial charge in [-0.3, -0.25) is 4.79 Å². The van der Waals surface area contributed by atoms with Gasteiger partial charge in [-0.25, -0.2) is 17.9 Å². The summed E-state index contributed by atoms with van der Waals surface area (Å²) in [6.07, 6.45) is 1.58. The Morgan fingerprint density at radius 3 is 2.50 bits per heavy atom. The van der Waals surface area contributed by atoms with Gasteiger partial charge >= 0.3 is 5.97 Å². The molecule has 1 amide bonds. The van der Waals surface area contributed by atoms with E-state index in [0.717, 1.165) is 11.1 Å². The minimum absolute atomic E-state index is 0.00638. The number of carbonyl (C=O) groups is 2. The third-order valence-electron chi connectivity index (χ3n) is 3.32. The Morgan fingerprint density at radius 1 is 1.25 bits per heavy atom. The number of ether oxygens (including phenoxy) is 1. The fraction of sp³-hybridized carbons (Fsp3) is 0.600. The molecule has 24 heavy (non-hydrogen) atoms. The van der Waals surface area contributed by atoms with Gasteiger partial charge in [-0.1, -0.05) is 13.8 Å². The summed E-state index contributed by atoms with van der Waals surface area (Å²) in [6.45, 7) is 5.81. The summed E-state index contributed by atoms with van der Waals surface area (Å²) in [5, 5.41) is 2.76. The first kappa shape index (κ1) is 20.6. The SMILES string of the molecule is CC(C)C(C)NC(=O)COC(=O)c1ccc(CCNS(C)(=O)=O)s1. The minimum Gasteiger partial charge on any atom is -0.451 e. The van der Waals surface area contributed by atoms with E-state index in [2.05, 4.69) is 10.0 Å². The average Bonchev–Trinajstić information content (AvgIpc) is 2.92. The Balaban J connectivity index is 2.42. The Kier molecular flexibility index (Phi) is 7.85. The second kappa shape index (κ2) is 9.14. The maximum atomic E-state index is 11.9. The molecule has 0 spiro atoms. The lowest BCUT2D eigenvalue weighted by Crippen LogP contribution is -2.38. The highest BCUT2D eigenvalue weighted by molar-refractivity contribution is 7.88. The molecule has 1 aromatic heterocycles. The quantitative estimate of drug-likeness (QED) is 0.630. The molecule has 0 fully saturated rings. The average molecular weight is 376 g/mol. The predicted octanol–water partition coefficient (Wildman–Crippen LogP) is 1.16. The van der Waals surface area contributed by atoms with Gasteiger partial charge in [0.15, 0.2) is 6.61 Å². The first-order valence-corrected chi connectivity index (χ1v) is 10.3. The number of esters is 1. The van der Waals surface area contributed by atoms with Crippen molar-refractivity contribution in [2.45, 2.75) is 33.2 Å². The molecule has 2 N–H and O–H groups in total. The van der Waals surface area contributed by atoms with Crippen LogP contribution in [0.25, 0.3) is 0 Å². The summed E-state index contributed by atoms with van der Waals surface area (Å²) < 4.78 is 29.3. The largest absolute Gasteiger partial charge is 0.451 e. The van der Waals surface area contributed by atoms with Crippen molar-refractivity contribution >= 4 is 33.2 Å². The zero-order valence-corrected chi connectivity index (χ0v) is 15.9. The van der Waals surface area contributed by atoms with E-state index in [1.807, 2.05) is 20.8 Å². The number of thiophene rings is 1. The summed E-state index contributed by atoms with van der Waals surface area (Å²) in [7, 11) is -3.22. The molecule has 0 aliphatic carbocycles. The van der Waals surface area contributed by atoms with Gasteiger partial charge in [-0.2, -0.15) is 0 Å². The van der Waals surface area contributed by atoms with Gasteiger partial charge in [0.05, 0.1) is 6.26 Å². The number of amides is 1. The van der Waals surface area contributed by atoms with E-state index in [1.165, 1.54) is 11.3 Å². The van der Waals surface area contributed by atoms with Gasteiger partial charge in [-0.15, -0.1) is 11.3 Å². The smallest absolute Gasteiger partial charge is 0.348 e. The van der Waals surface area contributed by atoms with E-state index < -0.39 is 16.0 Å². The van der Waals surface area contributed by atoms with Crippen LogP contribution in [0.2, 0.25) is 0 Å². The van der Waals surface area contributed by atoms with Crippen LogP contribution >= 0.6 is 11.3 Å². The normalized spacial score (nSPS) is 12.9. The molecule has 1 rings (SSSR count). The topological polar surface area (TPSA) is 102 Å². The third kappa shape index (κ3) is 7.89. The Hall–Kier alpha value is -1.45. The predicted molar refractivity (Wildman–Crippen MR) is 93.6 cm³/mol. The first-order chi connectivity index (χ1) is 11.1. The van der Waals surface area contributed by atoms with Crippen LogP contribution in [-0.4, -0.2) is 45.7 Å². The van der Waals surface area contributed by atoms with Crippen molar-refractivity contribution in [3.8, 4) is 0 Å². The molecule has 0 saturated heterocycles. The van der Waals surface area contributed by atoms with E-state index in [-0.39, 0.29) is 25.1 Å². The third-order valence-corrected chi connectivity index (χ3v) is 5.18. The Morgan fingerprint density at radius 2 is 1.92 bits per heavy atom. The summed E-state index contributed by atoms with van der Waals surface area (Å²) in [4.78, 5) is 24.8. The van der Waals surface area contributed by atoms with Crippen LogP contribution in [-0.2, 0) is 26.0 Å². The van der Waals surface area contributed by atoms with E-state index in [0.29, 0.717) is 17.2 Å². The van der Waals surface area contributed by atoms with Crippen molar-refractivity contribution in [1.82, 2.24) is 10.0 Å². The Bertz CT molecular complexity index is 667. The minimum atomic E-state index is -3.22. The van der Waals surface area contributed by atoms with Crippen molar-refractivity contribution in [3.05, 3.63) is 21.9 Å². The second-order valence-corrected chi connectivity index (χ2v) is 8.86. The summed E-state index contributed by atoms with van der Waals surface area (Å²) in [5.41, 5.74) is 0. The summed E-state index contributed by atoms with van der Waals surface area (Å²) in [5.74, 6) is -0.599. The highest BCUT2D eigenvalue weighted by atomic mass is 32.2. The van der Waals surface area contributed by atoms with Crippen LogP contribution in [0.3, 0.4) is 0 Å². The fourth-order valence-electron chi connectivity index (χ4n) is 1.65. The van der Waals surface area contributed by atoms with Gasteiger partial charge in [0, 0.05) is 17.5 Å². The van der Waals surface area contributed by atoms with E-state index in [9.17, 15) is 18.0 Å². The van der Waals surface area contributed by atoms with Gasteiger partial charge in [0.25, 0.3) is 5.91 Å². The van der Waals surface area contributed by atoms with Crippen LogP contribution in [0.5, 0.6) is 0 Å². The zero-order valence-electron chi connectivity index (χ0n) is 14.3. The molecule has 0 aliphatic heterocycles. The lowest BCUT2D eigenvalue weighted by molar-refractivity contribution is -0.125. The van der Waals surface area contributed by atoms with Crippen LogP contribution in [0.1, 0.15) is 35.3 Å². The lowest BCUT2D eigenvalue weighted by atomic mass is 10.1. The number of rotatable bonds is 9. The van der Waals surface area contributed by atoms with Gasteiger partial charge in [0.2, 0.25) is 10.0 Å². The Labute approximate surface area is 146 Å². The highest BCUT2D eigenvalue weighted by Crippen LogP contribution is 2.17. The fourth-order valence-corrected chi connectivity index (χ4v) is 3.02. The molecule has 0 bridgehead atoms. The van der Waals surface area contributed by atoms with Crippen LogP contribution < -0.4 is 10.0 Å². The van der Waals surface area contributed by atoms with Gasteiger partial charge < -0.3 is 10.1 Å². The van der Waals surface area contributed by atoms with E-state index >= 15 is 0 Å². The zero-order chi connectivity index (χ0) is 18.3. The molecule has 1 heterocycles. The van der Waals surface area contributed by atoms with E-state index in [1.54, 1.807) is 12.1 Å². The molecule has 1 unspecified atom stereocenters. The van der Waals surface area contributed by atoms with Crippen LogP contribution in [0, 0.1) is 5.92 Å². The molecule has 1 atom stereocenters. The number of nitrogens with one attached hydrogen (secondary N) is 2. The molecule has 1 aromatic rings. The molecule has 0 radical (unpaired) electrons. The number of hydrogen-bond donors (Lipinski definition) is 2. The lowest BCUT2D eigenvalue weighted by Gasteiger charge is -2.17. The van der Waals surface area contributed by atoms with Crippen molar-refractivity contribution in [1.29, 1.82) is 0 Å². The summed E-state index contributed by atoms with van der Waals surface area (Å²) >= 11 is 1.22. The molecule has 7 nitrogen and oxygen atoms in total. The van der Waals surface area contributed by atoms with Gasteiger partial charge in [0.1, 0.15) is 4.88 Å². The molecule has 0 saturated carbocycles. The molecule has 0 aliphatic rings. The van der Waals surface area contributed by atoms with E-state index in [4.69, 9.17) is 4.74 Å².